The largest absolute Gasteiger partial charge is 0.394 e. The molecule has 0 saturated carbocycles. The molecule has 1 aromatic heterocycles. The van der Waals surface area contributed by atoms with Gasteiger partial charge < -0.3 is 20.3 Å². The normalized spacial score (nSPS) is 12.7. The third-order valence-corrected chi connectivity index (χ3v) is 3.63. The molecule has 24 heavy (non-hydrogen) atoms. The van der Waals surface area contributed by atoms with Gasteiger partial charge in [-0.25, -0.2) is 9.78 Å². The van der Waals surface area contributed by atoms with Gasteiger partial charge in [-0.2, -0.15) is 0 Å². The van der Waals surface area contributed by atoms with Crippen molar-refractivity contribution in [3.63, 3.8) is 0 Å². The molecule has 0 bridgehead atoms. The van der Waals surface area contributed by atoms with Crippen LogP contribution in [0, 0.1) is 5.41 Å². The summed E-state index contributed by atoms with van der Waals surface area (Å²) in [7, 11) is 0. The van der Waals surface area contributed by atoms with Crippen LogP contribution in [0.5, 0.6) is 0 Å². The molecule has 6 heteroatoms. The maximum Gasteiger partial charge on any atom is 0.315 e. The smallest absolute Gasteiger partial charge is 0.315 e. The fraction of sp³-hybridized carbons (Fsp3) is 0.444. The lowest BCUT2D eigenvalue weighted by Gasteiger charge is -2.25. The van der Waals surface area contributed by atoms with Crippen molar-refractivity contribution in [1.82, 2.24) is 20.2 Å². The van der Waals surface area contributed by atoms with Crippen molar-refractivity contribution in [2.75, 3.05) is 6.61 Å². The van der Waals surface area contributed by atoms with E-state index in [1.807, 2.05) is 35.0 Å². The molecular weight excluding hydrogens is 304 g/mol. The fourth-order valence-electron chi connectivity index (χ4n) is 2.63. The molecule has 1 aromatic carbocycles. The number of hydrogen-bond donors (Lipinski definition) is 3. The van der Waals surface area contributed by atoms with Crippen LogP contribution in [0.3, 0.4) is 0 Å². The van der Waals surface area contributed by atoms with Crippen LogP contribution in [0.25, 0.3) is 5.69 Å². The molecule has 3 N–H and O–H groups in total. The van der Waals surface area contributed by atoms with E-state index in [1.54, 1.807) is 12.5 Å². The molecule has 0 spiro atoms. The highest BCUT2D eigenvalue weighted by Crippen LogP contribution is 2.20. The first-order valence-electron chi connectivity index (χ1n) is 8.10. The predicted octanol–water partition coefficient (Wildman–Crippen LogP) is 2.47. The SMILES string of the molecule is CC(C)(C)CC(CO)NC(=O)NCc1ccccc1-n1ccnc1. The Labute approximate surface area is 142 Å². The maximum atomic E-state index is 12.1. The zero-order valence-electron chi connectivity index (χ0n) is 14.5. The van der Waals surface area contributed by atoms with Crippen molar-refractivity contribution >= 4 is 6.03 Å². The van der Waals surface area contributed by atoms with Crippen LogP contribution in [0.1, 0.15) is 32.8 Å². The molecule has 0 fully saturated rings. The topological polar surface area (TPSA) is 79.2 Å². The minimum Gasteiger partial charge on any atom is -0.394 e. The highest BCUT2D eigenvalue weighted by Gasteiger charge is 2.19. The summed E-state index contributed by atoms with van der Waals surface area (Å²) >= 11 is 0. The molecular formula is C18H26N4O2. The Morgan fingerprint density at radius 1 is 1.33 bits per heavy atom. The van der Waals surface area contributed by atoms with E-state index in [0.717, 1.165) is 11.3 Å². The summed E-state index contributed by atoms with van der Waals surface area (Å²) in [5.41, 5.74) is 2.00. The van der Waals surface area contributed by atoms with E-state index in [9.17, 15) is 9.90 Å². The van der Waals surface area contributed by atoms with Crippen molar-refractivity contribution in [3.05, 3.63) is 48.5 Å². The lowest BCUT2D eigenvalue weighted by molar-refractivity contribution is 0.191. The van der Waals surface area contributed by atoms with Crippen LogP contribution < -0.4 is 10.6 Å². The Morgan fingerprint density at radius 3 is 2.71 bits per heavy atom. The number of urea groups is 1. The quantitative estimate of drug-likeness (QED) is 0.761. The minimum absolute atomic E-state index is 0.0364. The van der Waals surface area contributed by atoms with Gasteiger partial charge in [0.15, 0.2) is 0 Å². The van der Waals surface area contributed by atoms with Gasteiger partial charge >= 0.3 is 6.03 Å². The average molecular weight is 330 g/mol. The van der Waals surface area contributed by atoms with Crippen LogP contribution in [0.2, 0.25) is 0 Å². The number of nitrogens with zero attached hydrogens (tertiary/aromatic N) is 2. The van der Waals surface area contributed by atoms with Crippen molar-refractivity contribution < 1.29 is 9.90 Å². The number of para-hydroxylation sites is 1. The Kier molecular flexibility index (Phi) is 5.98. The Hall–Kier alpha value is -2.34. The number of rotatable bonds is 6. The number of benzene rings is 1. The molecule has 130 valence electrons. The van der Waals surface area contributed by atoms with E-state index >= 15 is 0 Å². The molecule has 6 nitrogen and oxygen atoms in total. The average Bonchev–Trinajstić information content (AvgIpc) is 3.05. The number of aliphatic hydroxyl groups is 1. The second-order valence-electron chi connectivity index (χ2n) is 7.07. The minimum atomic E-state index is -0.279. The van der Waals surface area contributed by atoms with E-state index in [0.29, 0.717) is 13.0 Å². The predicted molar refractivity (Wildman–Crippen MR) is 93.9 cm³/mol. The Bertz CT molecular complexity index is 647. The molecule has 1 unspecified atom stereocenters. The van der Waals surface area contributed by atoms with E-state index in [-0.39, 0.29) is 24.1 Å². The maximum absolute atomic E-state index is 12.1. The van der Waals surface area contributed by atoms with Gasteiger partial charge in [0.25, 0.3) is 0 Å². The van der Waals surface area contributed by atoms with Gasteiger partial charge in [0.05, 0.1) is 24.7 Å². The van der Waals surface area contributed by atoms with Crippen molar-refractivity contribution in [2.45, 2.75) is 39.8 Å². The second kappa shape index (κ2) is 7.97. The fourth-order valence-corrected chi connectivity index (χ4v) is 2.63. The number of carbonyl (C=O) groups excluding carboxylic acids is 1. The van der Waals surface area contributed by atoms with Crippen LogP contribution in [-0.2, 0) is 6.54 Å². The number of hydrogen-bond acceptors (Lipinski definition) is 3. The molecule has 0 aliphatic heterocycles. The first-order valence-corrected chi connectivity index (χ1v) is 8.10. The molecule has 1 atom stereocenters. The summed E-state index contributed by atoms with van der Waals surface area (Å²) in [6, 6.07) is 7.30. The zero-order valence-corrected chi connectivity index (χ0v) is 14.5. The first-order chi connectivity index (χ1) is 11.4. The van der Waals surface area contributed by atoms with Crippen LogP contribution in [0.4, 0.5) is 4.79 Å². The number of imidazole rings is 1. The summed E-state index contributed by atoms with van der Waals surface area (Å²) in [4.78, 5) is 16.2. The molecule has 2 rings (SSSR count). The van der Waals surface area contributed by atoms with E-state index in [4.69, 9.17) is 0 Å². The first kappa shape index (κ1) is 18.0. The molecule has 0 saturated heterocycles. The monoisotopic (exact) mass is 330 g/mol. The number of aromatic nitrogens is 2. The number of amides is 2. The number of aliphatic hydroxyl groups excluding tert-OH is 1. The van der Waals surface area contributed by atoms with Crippen LogP contribution in [-0.4, -0.2) is 33.3 Å². The van der Waals surface area contributed by atoms with Crippen molar-refractivity contribution in [2.24, 2.45) is 5.41 Å². The standard InChI is InChI=1S/C18H26N4O2/c1-18(2,3)10-15(12-23)21-17(24)20-11-14-6-4-5-7-16(14)22-9-8-19-13-22/h4-9,13,15,23H,10-12H2,1-3H3,(H2,20,21,24). The molecule has 1 heterocycles. The number of nitrogens with one attached hydrogen (secondary N) is 2. The van der Waals surface area contributed by atoms with Gasteiger partial charge in [-0.3, -0.25) is 0 Å². The number of carbonyl (C=O) groups is 1. The summed E-state index contributed by atoms with van der Waals surface area (Å²) in [5.74, 6) is 0. The highest BCUT2D eigenvalue weighted by molar-refractivity contribution is 5.74. The molecule has 0 aliphatic carbocycles. The van der Waals surface area contributed by atoms with E-state index in [1.165, 1.54) is 0 Å². The lowest BCUT2D eigenvalue weighted by atomic mass is 9.88. The van der Waals surface area contributed by atoms with Crippen molar-refractivity contribution in [3.8, 4) is 5.69 Å². The Balaban J connectivity index is 1.95. The van der Waals surface area contributed by atoms with Crippen molar-refractivity contribution in [1.29, 1.82) is 0 Å². The molecule has 2 aromatic rings. The third kappa shape index (κ3) is 5.38. The van der Waals surface area contributed by atoms with Crippen LogP contribution in [0.15, 0.2) is 43.0 Å². The van der Waals surface area contributed by atoms with E-state index < -0.39 is 0 Å². The molecule has 2 amide bonds. The molecule has 0 aliphatic rings. The summed E-state index contributed by atoms with van der Waals surface area (Å²) < 4.78 is 1.91. The molecule has 0 radical (unpaired) electrons. The summed E-state index contributed by atoms with van der Waals surface area (Å²) in [5, 5.41) is 15.1. The summed E-state index contributed by atoms with van der Waals surface area (Å²) in [6.45, 7) is 6.56. The lowest BCUT2D eigenvalue weighted by Crippen LogP contribution is -2.45. The van der Waals surface area contributed by atoms with Gasteiger partial charge in [0, 0.05) is 18.9 Å². The van der Waals surface area contributed by atoms with Gasteiger partial charge in [0.1, 0.15) is 0 Å². The zero-order chi connectivity index (χ0) is 17.6. The second-order valence-corrected chi connectivity index (χ2v) is 7.07. The van der Waals surface area contributed by atoms with Gasteiger partial charge in [-0.05, 0) is 23.5 Å². The van der Waals surface area contributed by atoms with E-state index in [2.05, 4.69) is 36.4 Å². The Morgan fingerprint density at radius 2 is 2.08 bits per heavy atom. The van der Waals surface area contributed by atoms with Gasteiger partial charge in [0.2, 0.25) is 0 Å². The summed E-state index contributed by atoms with van der Waals surface area (Å²) in [6.07, 6.45) is 6.02. The van der Waals surface area contributed by atoms with Crippen LogP contribution >= 0.6 is 0 Å². The van der Waals surface area contributed by atoms with Gasteiger partial charge in [-0.1, -0.05) is 39.0 Å². The van der Waals surface area contributed by atoms with Gasteiger partial charge in [-0.15, -0.1) is 0 Å². The highest BCUT2D eigenvalue weighted by atomic mass is 16.3. The third-order valence-electron chi connectivity index (χ3n) is 3.63.